The number of nitrogens with zero attached hydrogens (tertiary/aromatic N) is 2. The lowest BCUT2D eigenvalue weighted by Crippen LogP contribution is -2.28. The second-order valence-corrected chi connectivity index (χ2v) is 17.4. The highest BCUT2D eigenvalue weighted by Gasteiger charge is 2.31. The molecule has 4 rings (SSSR count). The lowest BCUT2D eigenvalue weighted by atomic mass is 10.0. The number of thiophene rings is 2. The van der Waals surface area contributed by atoms with E-state index in [2.05, 4.69) is 34.3 Å². The second kappa shape index (κ2) is 18.6. The standard InChI is InChI=1S/C37H46N2O6S5/c1-8-12-14-23(10-3)20-44-35(42)27-16-25(18-29-33(40)38(6)22(5)47-29)48-31(27)32-28(36(43)45-21-24(11-4)15-13-9-2)17-26(49-32)19-30-34(41)39(7)37(46)50-30/h16-19,23-24H,5,8-15,20-21H2,1-4,6-7H3/b29-18-,30-19-. The Morgan fingerprint density at radius 2 is 1.34 bits per heavy atom. The number of amides is 1. The summed E-state index contributed by atoms with van der Waals surface area (Å²) in [6.45, 7) is 13.0. The minimum absolute atomic E-state index is 0.176. The number of thioether (sulfide) groups is 1. The van der Waals surface area contributed by atoms with Crippen molar-refractivity contribution in [1.29, 1.82) is 0 Å². The third kappa shape index (κ3) is 9.73. The Balaban J connectivity index is 1.83. The Bertz CT molecular complexity index is 1920. The summed E-state index contributed by atoms with van der Waals surface area (Å²) in [4.78, 5) is 57.8. The number of carbonyl (C=O) groups excluding carboxylic acids is 3. The van der Waals surface area contributed by atoms with E-state index in [1.54, 1.807) is 38.4 Å². The van der Waals surface area contributed by atoms with Gasteiger partial charge in [-0.25, -0.2) is 9.59 Å². The summed E-state index contributed by atoms with van der Waals surface area (Å²) < 4.78 is 14.9. The fraction of sp³-hybridized carbons (Fsp3) is 0.486. The highest BCUT2D eigenvalue weighted by atomic mass is 32.2. The first-order valence-electron chi connectivity index (χ1n) is 17.1. The highest BCUT2D eigenvalue weighted by Crippen LogP contribution is 2.43. The van der Waals surface area contributed by atoms with Gasteiger partial charge in [0.1, 0.15) is 4.32 Å². The lowest BCUT2D eigenvalue weighted by molar-refractivity contribution is -0.121. The fourth-order valence-electron chi connectivity index (χ4n) is 5.35. The van der Waals surface area contributed by atoms with Crippen LogP contribution in [0.15, 0.2) is 21.8 Å². The van der Waals surface area contributed by atoms with Crippen molar-refractivity contribution in [3.8, 4) is 9.75 Å². The molecule has 8 nitrogen and oxygen atoms in total. The van der Waals surface area contributed by atoms with Crippen LogP contribution in [0, 0.1) is 11.8 Å². The van der Waals surface area contributed by atoms with E-state index in [-0.39, 0.29) is 29.9 Å². The van der Waals surface area contributed by atoms with Crippen molar-refractivity contribution in [3.05, 3.63) is 57.5 Å². The number of ether oxygens (including phenoxy) is 2. The number of hydrogen-bond acceptors (Lipinski definition) is 11. The van der Waals surface area contributed by atoms with Gasteiger partial charge in [-0.1, -0.05) is 96.8 Å². The molecule has 0 aromatic carbocycles. The molecule has 3 aromatic heterocycles. The molecule has 1 aliphatic heterocycles. The average Bonchev–Trinajstić information content (AvgIpc) is 3.84. The van der Waals surface area contributed by atoms with Crippen LogP contribution in [0.1, 0.15) is 110 Å². The normalized spacial score (nSPS) is 15.7. The minimum Gasteiger partial charge on any atom is -0.462 e. The van der Waals surface area contributed by atoms with Crippen molar-refractivity contribution in [1.82, 2.24) is 9.47 Å². The molecular formula is C37H46N2O6S5. The smallest absolute Gasteiger partial charge is 0.339 e. The summed E-state index contributed by atoms with van der Waals surface area (Å²) in [7, 11) is 3.31. The van der Waals surface area contributed by atoms with Crippen LogP contribution < -0.4 is 14.8 Å². The van der Waals surface area contributed by atoms with Gasteiger partial charge < -0.3 is 14.0 Å². The van der Waals surface area contributed by atoms with Crippen LogP contribution in [0.2, 0.25) is 0 Å². The van der Waals surface area contributed by atoms with Crippen LogP contribution in [0.4, 0.5) is 0 Å². The van der Waals surface area contributed by atoms with Gasteiger partial charge in [0.2, 0.25) is 0 Å². The Kier molecular flexibility index (Phi) is 14.8. The number of aromatic nitrogens is 1. The fourth-order valence-corrected chi connectivity index (χ4v) is 9.90. The number of thiazole rings is 1. The molecule has 2 atom stereocenters. The van der Waals surface area contributed by atoms with Crippen LogP contribution in [-0.4, -0.2) is 51.9 Å². The Labute approximate surface area is 315 Å². The van der Waals surface area contributed by atoms with Gasteiger partial charge in [-0.3, -0.25) is 14.5 Å². The van der Waals surface area contributed by atoms with Crippen LogP contribution in [0.25, 0.3) is 28.5 Å². The predicted molar refractivity (Wildman–Crippen MR) is 214 cm³/mol. The van der Waals surface area contributed by atoms with E-state index >= 15 is 0 Å². The summed E-state index contributed by atoms with van der Waals surface area (Å²) in [5, 5.41) is 0. The monoisotopic (exact) mass is 774 g/mol. The number of rotatable bonds is 17. The van der Waals surface area contributed by atoms with Gasteiger partial charge in [-0.15, -0.1) is 34.0 Å². The zero-order valence-electron chi connectivity index (χ0n) is 29.6. The van der Waals surface area contributed by atoms with Crippen LogP contribution in [0.5, 0.6) is 0 Å². The molecule has 0 saturated carbocycles. The molecule has 13 heteroatoms. The van der Waals surface area contributed by atoms with Gasteiger partial charge in [-0.05, 0) is 49.0 Å². The number of unbranched alkanes of at least 4 members (excludes halogenated alkanes) is 2. The van der Waals surface area contributed by atoms with Crippen LogP contribution >= 0.6 is 58.0 Å². The number of hydrogen-bond donors (Lipinski definition) is 0. The highest BCUT2D eigenvalue weighted by molar-refractivity contribution is 8.26. The first kappa shape index (κ1) is 39.9. The molecule has 4 heterocycles. The molecule has 3 aromatic rings. The van der Waals surface area contributed by atoms with Gasteiger partial charge >= 0.3 is 11.9 Å². The molecule has 0 radical (unpaired) electrons. The maximum absolute atomic E-state index is 13.9. The zero-order chi connectivity index (χ0) is 36.5. The van der Waals surface area contributed by atoms with Crippen molar-refractivity contribution < 1.29 is 23.9 Å². The third-order valence-corrected chi connectivity index (χ3v) is 13.6. The zero-order valence-corrected chi connectivity index (χ0v) is 33.7. The van der Waals surface area contributed by atoms with Crippen molar-refractivity contribution in [2.24, 2.45) is 18.9 Å². The minimum atomic E-state index is -0.494. The van der Waals surface area contributed by atoms with Gasteiger partial charge in [0.15, 0.2) is 0 Å². The predicted octanol–water partition coefficient (Wildman–Crippen LogP) is 8.05. The number of likely N-dealkylation sites (N-methyl/N-ethyl adjacent to an activating group) is 1. The molecule has 50 heavy (non-hydrogen) atoms. The van der Waals surface area contributed by atoms with E-state index in [1.807, 2.05) is 0 Å². The summed E-state index contributed by atoms with van der Waals surface area (Å²) >= 11 is 10.4. The van der Waals surface area contributed by atoms with Crippen molar-refractivity contribution in [2.45, 2.75) is 79.1 Å². The van der Waals surface area contributed by atoms with E-state index in [1.165, 1.54) is 55.2 Å². The number of carbonyl (C=O) groups is 3. The van der Waals surface area contributed by atoms with Crippen LogP contribution in [0.3, 0.4) is 0 Å². The molecular weight excluding hydrogens is 729 g/mol. The van der Waals surface area contributed by atoms with E-state index in [0.717, 1.165) is 51.4 Å². The molecule has 1 fully saturated rings. The molecule has 1 saturated heterocycles. The number of esters is 2. The van der Waals surface area contributed by atoms with E-state index < -0.39 is 11.9 Å². The Morgan fingerprint density at radius 1 is 0.840 bits per heavy atom. The Morgan fingerprint density at radius 3 is 1.74 bits per heavy atom. The SMILES string of the molecule is C=c1s/c(=C\c2cc(C(=O)OCC(CC)CCCC)c(-c3sc(/C=C4\SC(=S)N(C)C4=O)cc3C(=O)OCC(CC)CCCC)s2)c(=O)n1C. The largest absolute Gasteiger partial charge is 0.462 e. The first-order valence-corrected chi connectivity index (χ1v) is 20.8. The van der Waals surface area contributed by atoms with Gasteiger partial charge in [0.25, 0.3) is 11.5 Å². The molecule has 0 aliphatic carbocycles. The molecule has 0 bridgehead atoms. The molecule has 2 unspecified atom stereocenters. The van der Waals surface area contributed by atoms with Crippen molar-refractivity contribution in [3.63, 3.8) is 0 Å². The number of thiocarbonyl (C=S) groups is 1. The molecule has 0 spiro atoms. The van der Waals surface area contributed by atoms with E-state index in [0.29, 0.717) is 55.7 Å². The van der Waals surface area contributed by atoms with Crippen molar-refractivity contribution >= 4 is 98.9 Å². The topological polar surface area (TPSA) is 94.9 Å². The average molecular weight is 775 g/mol. The maximum Gasteiger partial charge on any atom is 0.339 e. The quantitative estimate of drug-likeness (QED) is 0.0773. The summed E-state index contributed by atoms with van der Waals surface area (Å²) in [6.07, 6.45) is 11.4. The van der Waals surface area contributed by atoms with E-state index in [9.17, 15) is 19.2 Å². The van der Waals surface area contributed by atoms with Gasteiger partial charge in [0.05, 0.1) is 48.2 Å². The first-order chi connectivity index (χ1) is 23.9. The maximum atomic E-state index is 13.9. The van der Waals surface area contributed by atoms with E-state index in [4.69, 9.17) is 21.7 Å². The third-order valence-electron chi connectivity index (χ3n) is 8.79. The van der Waals surface area contributed by atoms with Gasteiger partial charge in [0, 0.05) is 23.8 Å². The molecule has 270 valence electrons. The van der Waals surface area contributed by atoms with Crippen LogP contribution in [-0.2, 0) is 21.3 Å². The molecule has 1 aliphatic rings. The second-order valence-electron chi connectivity index (χ2n) is 12.4. The summed E-state index contributed by atoms with van der Waals surface area (Å²) in [6, 6.07) is 3.45. The lowest BCUT2D eigenvalue weighted by Gasteiger charge is -2.15. The van der Waals surface area contributed by atoms with Crippen molar-refractivity contribution in [2.75, 3.05) is 20.3 Å². The summed E-state index contributed by atoms with van der Waals surface area (Å²) in [5.41, 5.74) is 0.444. The molecule has 0 N–H and O–H groups in total. The van der Waals surface area contributed by atoms with Gasteiger partial charge in [-0.2, -0.15) is 0 Å². The Hall–Kier alpha value is -2.84. The molecule has 1 amide bonds. The summed E-state index contributed by atoms with van der Waals surface area (Å²) in [5.74, 6) is -0.715.